The Bertz CT molecular complexity index is 98.7. The number of hydrogen-bond acceptors (Lipinski definition) is 1. The number of rotatable bonds is 2. The largest absolute Gasteiger partial charge is 0.301 e. The van der Waals surface area contributed by atoms with Gasteiger partial charge in [-0.15, -0.1) is 0 Å². The maximum absolute atomic E-state index is 2.46. The predicted octanol–water partition coefficient (Wildman–Crippen LogP) is 1.74. The smallest absolute Gasteiger partial charge is 0.0124 e. The summed E-state index contributed by atoms with van der Waals surface area (Å²) >= 11 is 0. The van der Waals surface area contributed by atoms with E-state index >= 15 is 0 Å². The lowest BCUT2D eigenvalue weighted by Gasteiger charge is -2.20. The quantitative estimate of drug-likeness (QED) is 0.546. The minimum atomic E-state index is 0.722. The Labute approximate surface area is 58.0 Å². The van der Waals surface area contributed by atoms with Crippen LogP contribution in [0.25, 0.3) is 0 Å². The molecule has 1 nitrogen and oxygen atoms in total. The monoisotopic (exact) mass is 127 g/mol. The Morgan fingerprint density at radius 1 is 1.44 bits per heavy atom. The lowest BCUT2D eigenvalue weighted by molar-refractivity contribution is 0.254. The van der Waals surface area contributed by atoms with Gasteiger partial charge in [0.25, 0.3) is 0 Å². The summed E-state index contributed by atoms with van der Waals surface area (Å²) in [6.07, 6.45) is 1.41. The van der Waals surface area contributed by atoms with Gasteiger partial charge < -0.3 is 4.90 Å². The maximum Gasteiger partial charge on any atom is 0.0124 e. The average molecular weight is 127 g/mol. The zero-order valence-electron chi connectivity index (χ0n) is 6.89. The molecule has 0 aromatic carbocycles. The molecule has 0 amide bonds. The van der Waals surface area contributed by atoms with Gasteiger partial charge in [-0.05, 0) is 33.2 Å². The van der Waals surface area contributed by atoms with Crippen LogP contribution in [0, 0.1) is 5.92 Å². The van der Waals surface area contributed by atoms with Crippen LogP contribution in [0.3, 0.4) is 0 Å². The predicted molar refractivity (Wildman–Crippen MR) is 40.5 cm³/mol. The molecule has 0 N–H and O–H groups in total. The molecule has 0 aromatic rings. The van der Waals surface area contributed by atoms with Crippen molar-refractivity contribution in [2.24, 2.45) is 5.92 Å². The van der Waals surface area contributed by atoms with Gasteiger partial charge in [-0.2, -0.15) is 0 Å². The van der Waals surface area contributed by atoms with Gasteiger partial charge in [0.2, 0.25) is 0 Å². The van der Waals surface area contributed by atoms with E-state index in [1.807, 2.05) is 0 Å². The summed E-state index contributed by atoms with van der Waals surface area (Å²) in [4.78, 5) is 2.46. The van der Waals surface area contributed by atoms with E-state index < -0.39 is 0 Å². The van der Waals surface area contributed by atoms with E-state index in [2.05, 4.69) is 32.7 Å². The van der Waals surface area contributed by atoms with Crippen molar-refractivity contribution in [1.29, 1.82) is 0 Å². The topological polar surface area (TPSA) is 3.24 Å². The fourth-order valence-corrected chi connectivity index (χ4v) is 1.25. The molecule has 0 bridgehead atoms. The van der Waals surface area contributed by atoms with Gasteiger partial charge >= 0.3 is 0 Å². The van der Waals surface area contributed by atoms with Crippen LogP contribution in [0.1, 0.15) is 27.2 Å². The van der Waals surface area contributed by atoms with Crippen molar-refractivity contribution < 1.29 is 0 Å². The molecule has 2 atom stereocenters. The van der Waals surface area contributed by atoms with Gasteiger partial charge in [0.05, 0.1) is 0 Å². The first-order chi connectivity index (χ1) is 4.13. The van der Waals surface area contributed by atoms with Gasteiger partial charge in [0.15, 0.2) is 0 Å². The molecule has 1 heteroatoms. The van der Waals surface area contributed by atoms with Gasteiger partial charge in [-0.1, -0.05) is 6.92 Å². The van der Waals surface area contributed by atoms with Crippen molar-refractivity contribution >= 4 is 0 Å². The molecule has 1 unspecified atom stereocenters. The fraction of sp³-hybridized carbons (Fsp3) is 1.00. The van der Waals surface area contributed by atoms with Gasteiger partial charge in [0.1, 0.15) is 0 Å². The zero-order valence-corrected chi connectivity index (χ0v) is 6.89. The molecule has 0 heterocycles. The summed E-state index contributed by atoms with van der Waals surface area (Å²) in [5.74, 6) is 0.956. The molecule has 54 valence electrons. The molecule has 1 saturated carbocycles. The summed E-state index contributed by atoms with van der Waals surface area (Å²) < 4.78 is 0. The molecule has 0 saturated heterocycles. The second-order valence-corrected chi connectivity index (χ2v) is 3.54. The highest BCUT2D eigenvalue weighted by molar-refractivity contribution is 4.91. The fourth-order valence-electron chi connectivity index (χ4n) is 1.25. The first-order valence-corrected chi connectivity index (χ1v) is 3.85. The average Bonchev–Trinajstić information content (AvgIpc) is 2.44. The van der Waals surface area contributed by atoms with Crippen LogP contribution in [-0.2, 0) is 0 Å². The third kappa shape index (κ3) is 1.45. The van der Waals surface area contributed by atoms with Crippen molar-refractivity contribution in [3.05, 3.63) is 0 Å². The third-order valence-corrected chi connectivity index (χ3v) is 2.40. The number of hydrogen-bond donors (Lipinski definition) is 0. The Morgan fingerprint density at radius 2 is 1.89 bits per heavy atom. The van der Waals surface area contributed by atoms with Gasteiger partial charge in [0, 0.05) is 12.1 Å². The third-order valence-electron chi connectivity index (χ3n) is 2.40. The summed E-state index contributed by atoms with van der Waals surface area (Å²) in [6, 6.07) is 1.62. The summed E-state index contributed by atoms with van der Waals surface area (Å²) in [6.45, 7) is 6.83. The van der Waals surface area contributed by atoms with Crippen molar-refractivity contribution in [2.45, 2.75) is 39.3 Å². The molecule has 1 aliphatic carbocycles. The van der Waals surface area contributed by atoms with Crippen molar-refractivity contribution in [3.63, 3.8) is 0 Å². The zero-order chi connectivity index (χ0) is 7.02. The van der Waals surface area contributed by atoms with Crippen molar-refractivity contribution in [1.82, 2.24) is 4.90 Å². The SMILES string of the molecule is CC(C)N(C)C1C[C@@H]1C. The molecular formula is C8H17N. The lowest BCUT2D eigenvalue weighted by atomic mass is 10.3. The summed E-state index contributed by atoms with van der Waals surface area (Å²) in [7, 11) is 2.22. The van der Waals surface area contributed by atoms with Crippen LogP contribution >= 0.6 is 0 Å². The highest BCUT2D eigenvalue weighted by Crippen LogP contribution is 2.34. The van der Waals surface area contributed by atoms with Crippen molar-refractivity contribution in [3.8, 4) is 0 Å². The van der Waals surface area contributed by atoms with E-state index in [0.29, 0.717) is 0 Å². The lowest BCUT2D eigenvalue weighted by Crippen LogP contribution is -2.29. The van der Waals surface area contributed by atoms with Gasteiger partial charge in [-0.25, -0.2) is 0 Å². The summed E-state index contributed by atoms with van der Waals surface area (Å²) in [5.41, 5.74) is 0. The molecule has 9 heavy (non-hydrogen) atoms. The van der Waals surface area contributed by atoms with Crippen LogP contribution in [0.5, 0.6) is 0 Å². The highest BCUT2D eigenvalue weighted by Gasteiger charge is 2.36. The van der Waals surface area contributed by atoms with E-state index in [-0.39, 0.29) is 0 Å². The van der Waals surface area contributed by atoms with E-state index in [1.165, 1.54) is 6.42 Å². The highest BCUT2D eigenvalue weighted by atomic mass is 15.2. The molecule has 0 spiro atoms. The van der Waals surface area contributed by atoms with E-state index in [4.69, 9.17) is 0 Å². The molecule has 0 radical (unpaired) electrons. The first kappa shape index (κ1) is 7.07. The van der Waals surface area contributed by atoms with Gasteiger partial charge in [-0.3, -0.25) is 0 Å². The Kier molecular flexibility index (Phi) is 1.80. The van der Waals surface area contributed by atoms with Crippen LogP contribution in [-0.4, -0.2) is 24.0 Å². The number of nitrogens with zero attached hydrogens (tertiary/aromatic N) is 1. The first-order valence-electron chi connectivity index (χ1n) is 3.85. The molecule has 1 fully saturated rings. The van der Waals surface area contributed by atoms with Crippen LogP contribution in [0.2, 0.25) is 0 Å². The normalized spacial score (nSPS) is 34.0. The van der Waals surface area contributed by atoms with E-state index in [1.54, 1.807) is 0 Å². The summed E-state index contributed by atoms with van der Waals surface area (Å²) in [5, 5.41) is 0. The van der Waals surface area contributed by atoms with Crippen LogP contribution < -0.4 is 0 Å². The second-order valence-electron chi connectivity index (χ2n) is 3.54. The molecule has 0 aliphatic heterocycles. The second kappa shape index (κ2) is 2.30. The van der Waals surface area contributed by atoms with E-state index in [0.717, 1.165) is 18.0 Å². The Balaban J connectivity index is 2.27. The van der Waals surface area contributed by atoms with Crippen LogP contribution in [0.4, 0.5) is 0 Å². The Hall–Kier alpha value is -0.0400. The molecule has 0 aromatic heterocycles. The van der Waals surface area contributed by atoms with E-state index in [9.17, 15) is 0 Å². The van der Waals surface area contributed by atoms with Crippen molar-refractivity contribution in [2.75, 3.05) is 7.05 Å². The Morgan fingerprint density at radius 3 is 2.00 bits per heavy atom. The standard InChI is InChI=1S/C8H17N/c1-6(2)9(4)8-5-7(8)3/h6-8H,5H2,1-4H3/t7-,8?/m0/s1. The minimum Gasteiger partial charge on any atom is -0.301 e. The molecule has 1 rings (SSSR count). The maximum atomic E-state index is 2.46. The minimum absolute atomic E-state index is 0.722. The molecular weight excluding hydrogens is 110 g/mol. The molecule has 1 aliphatic rings. The van der Waals surface area contributed by atoms with Crippen LogP contribution in [0.15, 0.2) is 0 Å².